The Hall–Kier alpha value is -1.55. The summed E-state index contributed by atoms with van der Waals surface area (Å²) >= 11 is 0. The van der Waals surface area contributed by atoms with Gasteiger partial charge in [-0.2, -0.15) is 0 Å². The van der Waals surface area contributed by atoms with E-state index in [2.05, 4.69) is 35.8 Å². The second kappa shape index (κ2) is 14.5. The molecule has 1 heterocycles. The van der Waals surface area contributed by atoms with Crippen LogP contribution in [0.2, 0.25) is 0 Å². The summed E-state index contributed by atoms with van der Waals surface area (Å²) in [4.78, 5) is 17.7. The fraction of sp³-hybridized carbons (Fsp3) is 0.731. The number of piperidine rings is 1. The number of nitrogens with zero attached hydrogens (tertiary/aromatic N) is 2. The molecule has 170 valence electrons. The number of rotatable bonds is 14. The predicted octanol–water partition coefficient (Wildman–Crippen LogP) is 6.04. The van der Waals surface area contributed by atoms with Gasteiger partial charge in [0, 0.05) is 32.1 Å². The molecule has 1 aliphatic heterocycles. The molecule has 2 rings (SSSR count). The minimum Gasteiger partial charge on any atom is -0.494 e. The van der Waals surface area contributed by atoms with Gasteiger partial charge in [0.05, 0.1) is 6.61 Å². The zero-order valence-electron chi connectivity index (χ0n) is 19.7. The molecule has 1 unspecified atom stereocenters. The molecule has 0 aromatic heterocycles. The molecule has 0 bridgehead atoms. The second-order valence-electron chi connectivity index (χ2n) is 8.79. The Morgan fingerprint density at radius 2 is 1.83 bits per heavy atom. The molecule has 30 heavy (non-hydrogen) atoms. The molecule has 1 amide bonds. The van der Waals surface area contributed by atoms with Crippen molar-refractivity contribution in [2.24, 2.45) is 0 Å². The fourth-order valence-corrected chi connectivity index (χ4v) is 4.36. The van der Waals surface area contributed by atoms with Gasteiger partial charge in [-0.1, -0.05) is 51.2 Å². The number of amides is 1. The Labute approximate surface area is 185 Å². The highest BCUT2D eigenvalue weighted by Gasteiger charge is 2.19. The Bertz CT molecular complexity index is 587. The number of hydrogen-bond acceptors (Lipinski definition) is 3. The molecule has 1 atom stereocenters. The van der Waals surface area contributed by atoms with Crippen molar-refractivity contribution >= 4 is 5.91 Å². The maximum absolute atomic E-state index is 13.0. The van der Waals surface area contributed by atoms with Gasteiger partial charge in [-0.25, -0.2) is 0 Å². The Kier molecular flexibility index (Phi) is 11.9. The summed E-state index contributed by atoms with van der Waals surface area (Å²) in [5, 5.41) is 0. The molecule has 0 N–H and O–H groups in total. The SMILES string of the molecule is CCCCCCCC(=O)N(CCCN1CCCCC1C)Cc1ccc(OCC)cc1. The predicted molar refractivity (Wildman–Crippen MR) is 126 cm³/mol. The van der Waals surface area contributed by atoms with E-state index in [1.54, 1.807) is 0 Å². The van der Waals surface area contributed by atoms with Crippen LogP contribution in [-0.2, 0) is 11.3 Å². The number of carbonyl (C=O) groups excluding carboxylic acids is 1. The lowest BCUT2D eigenvalue weighted by Crippen LogP contribution is -2.40. The van der Waals surface area contributed by atoms with E-state index < -0.39 is 0 Å². The van der Waals surface area contributed by atoms with Gasteiger partial charge in [0.1, 0.15) is 5.75 Å². The number of ether oxygens (including phenoxy) is 1. The van der Waals surface area contributed by atoms with Gasteiger partial charge in [0.2, 0.25) is 5.91 Å². The van der Waals surface area contributed by atoms with Crippen LogP contribution >= 0.6 is 0 Å². The van der Waals surface area contributed by atoms with E-state index in [9.17, 15) is 4.79 Å². The number of benzene rings is 1. The third kappa shape index (κ3) is 9.07. The van der Waals surface area contributed by atoms with Crippen LogP contribution in [0.5, 0.6) is 5.75 Å². The number of unbranched alkanes of at least 4 members (excludes halogenated alkanes) is 4. The van der Waals surface area contributed by atoms with Gasteiger partial charge in [0.15, 0.2) is 0 Å². The highest BCUT2D eigenvalue weighted by atomic mass is 16.5. The smallest absolute Gasteiger partial charge is 0.222 e. The zero-order chi connectivity index (χ0) is 21.6. The molecule has 4 nitrogen and oxygen atoms in total. The molecule has 0 spiro atoms. The Morgan fingerprint density at radius 3 is 2.53 bits per heavy atom. The lowest BCUT2D eigenvalue weighted by molar-refractivity contribution is -0.132. The maximum atomic E-state index is 13.0. The summed E-state index contributed by atoms with van der Waals surface area (Å²) in [6, 6.07) is 8.91. The van der Waals surface area contributed by atoms with Crippen LogP contribution in [0.15, 0.2) is 24.3 Å². The molecular weight excluding hydrogens is 372 g/mol. The molecule has 1 fully saturated rings. The van der Waals surface area contributed by atoms with E-state index in [0.717, 1.165) is 31.7 Å². The summed E-state index contributed by atoms with van der Waals surface area (Å²) in [7, 11) is 0. The molecule has 1 aromatic rings. The lowest BCUT2D eigenvalue weighted by atomic mass is 10.0. The van der Waals surface area contributed by atoms with Gasteiger partial charge in [0.25, 0.3) is 0 Å². The van der Waals surface area contributed by atoms with Crippen LogP contribution in [-0.4, -0.2) is 48.0 Å². The van der Waals surface area contributed by atoms with E-state index in [1.165, 1.54) is 57.1 Å². The molecule has 4 heteroatoms. The van der Waals surface area contributed by atoms with Crippen molar-refractivity contribution < 1.29 is 9.53 Å². The van der Waals surface area contributed by atoms with E-state index in [4.69, 9.17) is 4.74 Å². The van der Waals surface area contributed by atoms with Crippen molar-refractivity contribution in [3.8, 4) is 5.75 Å². The fourth-order valence-electron chi connectivity index (χ4n) is 4.36. The van der Waals surface area contributed by atoms with Gasteiger partial charge in [-0.3, -0.25) is 4.79 Å². The highest BCUT2D eigenvalue weighted by Crippen LogP contribution is 2.18. The highest BCUT2D eigenvalue weighted by molar-refractivity contribution is 5.76. The van der Waals surface area contributed by atoms with Gasteiger partial charge in [-0.15, -0.1) is 0 Å². The molecule has 1 saturated heterocycles. The van der Waals surface area contributed by atoms with Crippen LogP contribution in [0.1, 0.15) is 90.5 Å². The third-order valence-corrected chi connectivity index (χ3v) is 6.27. The first-order valence-corrected chi connectivity index (χ1v) is 12.4. The molecule has 1 aromatic carbocycles. The van der Waals surface area contributed by atoms with Crippen LogP contribution in [0.3, 0.4) is 0 Å². The average molecular weight is 417 g/mol. The second-order valence-corrected chi connectivity index (χ2v) is 8.79. The monoisotopic (exact) mass is 416 g/mol. The summed E-state index contributed by atoms with van der Waals surface area (Å²) in [5.41, 5.74) is 1.18. The van der Waals surface area contributed by atoms with E-state index in [-0.39, 0.29) is 0 Å². The Balaban J connectivity index is 1.88. The average Bonchev–Trinajstić information content (AvgIpc) is 2.75. The maximum Gasteiger partial charge on any atom is 0.222 e. The summed E-state index contributed by atoms with van der Waals surface area (Å²) in [6.45, 7) is 11.1. The minimum absolute atomic E-state index is 0.312. The minimum atomic E-state index is 0.312. The Morgan fingerprint density at radius 1 is 1.07 bits per heavy atom. The molecule has 1 aliphatic rings. The number of hydrogen-bond donors (Lipinski definition) is 0. The number of carbonyl (C=O) groups is 1. The van der Waals surface area contributed by atoms with Gasteiger partial charge < -0.3 is 14.5 Å². The topological polar surface area (TPSA) is 32.8 Å². The van der Waals surface area contributed by atoms with Crippen molar-refractivity contribution in [1.29, 1.82) is 0 Å². The normalized spacial score (nSPS) is 17.1. The first-order valence-electron chi connectivity index (χ1n) is 12.4. The lowest BCUT2D eigenvalue weighted by Gasteiger charge is -2.34. The molecule has 0 radical (unpaired) electrons. The van der Waals surface area contributed by atoms with E-state index in [1.807, 2.05) is 19.1 Å². The summed E-state index contributed by atoms with van der Waals surface area (Å²) < 4.78 is 5.55. The first-order chi connectivity index (χ1) is 14.6. The molecule has 0 saturated carbocycles. The molecule has 0 aliphatic carbocycles. The van der Waals surface area contributed by atoms with Crippen LogP contribution < -0.4 is 4.74 Å². The van der Waals surface area contributed by atoms with Crippen LogP contribution in [0.25, 0.3) is 0 Å². The quantitative estimate of drug-likeness (QED) is 0.347. The summed E-state index contributed by atoms with van der Waals surface area (Å²) in [6.07, 6.45) is 11.7. The zero-order valence-corrected chi connectivity index (χ0v) is 19.7. The van der Waals surface area contributed by atoms with Crippen molar-refractivity contribution in [2.45, 2.75) is 97.6 Å². The van der Waals surface area contributed by atoms with Crippen molar-refractivity contribution in [3.63, 3.8) is 0 Å². The third-order valence-electron chi connectivity index (χ3n) is 6.27. The van der Waals surface area contributed by atoms with Gasteiger partial charge in [-0.05, 0) is 63.8 Å². The first kappa shape index (κ1) is 24.7. The van der Waals surface area contributed by atoms with Crippen molar-refractivity contribution in [2.75, 3.05) is 26.2 Å². The largest absolute Gasteiger partial charge is 0.494 e. The van der Waals surface area contributed by atoms with Crippen LogP contribution in [0, 0.1) is 0 Å². The number of likely N-dealkylation sites (tertiary alicyclic amines) is 1. The van der Waals surface area contributed by atoms with E-state index >= 15 is 0 Å². The van der Waals surface area contributed by atoms with E-state index in [0.29, 0.717) is 31.5 Å². The van der Waals surface area contributed by atoms with Crippen LogP contribution in [0.4, 0.5) is 0 Å². The van der Waals surface area contributed by atoms with Crippen molar-refractivity contribution in [3.05, 3.63) is 29.8 Å². The standard InChI is InChI=1S/C26H44N2O2/c1-4-6-7-8-9-14-26(29)28(21-12-20-27-19-11-10-13-23(27)3)22-24-15-17-25(18-16-24)30-5-2/h15-18,23H,4-14,19-22H2,1-3H3. The van der Waals surface area contributed by atoms with Crippen molar-refractivity contribution in [1.82, 2.24) is 9.80 Å². The summed E-state index contributed by atoms with van der Waals surface area (Å²) in [5.74, 6) is 1.21. The van der Waals surface area contributed by atoms with Gasteiger partial charge >= 0.3 is 0 Å². The molecular formula is C26H44N2O2.